The maximum Gasteiger partial charge on any atom is 0.455 e. The molecule has 0 amide bonds. The number of benzene rings is 1. The van der Waals surface area contributed by atoms with Crippen molar-refractivity contribution in [2.24, 2.45) is 0 Å². The number of rotatable bonds is 5. The van der Waals surface area contributed by atoms with Crippen LogP contribution in [0.1, 0.15) is 36.1 Å². The van der Waals surface area contributed by atoms with Gasteiger partial charge in [-0.1, -0.05) is 24.6 Å². The van der Waals surface area contributed by atoms with Gasteiger partial charge in [-0.3, -0.25) is 0 Å². The number of halogens is 6. The molecule has 1 aromatic carbocycles. The summed E-state index contributed by atoms with van der Waals surface area (Å²) in [5, 5.41) is 2.64. The number of aryl methyl sites for hydroxylation is 2. The first-order valence-corrected chi connectivity index (χ1v) is 6.84. The van der Waals surface area contributed by atoms with Crippen LogP contribution in [0.4, 0.5) is 22.0 Å². The van der Waals surface area contributed by atoms with Gasteiger partial charge in [0.05, 0.1) is 0 Å². The number of nitrogens with one attached hydrogen (secondary N) is 1. The fourth-order valence-corrected chi connectivity index (χ4v) is 2.22. The second-order valence-electron chi connectivity index (χ2n) is 4.97. The lowest BCUT2D eigenvalue weighted by Gasteiger charge is -2.31. The van der Waals surface area contributed by atoms with Crippen LogP contribution >= 0.6 is 11.6 Å². The van der Waals surface area contributed by atoms with Gasteiger partial charge in [0.25, 0.3) is 0 Å². The van der Waals surface area contributed by atoms with Crippen molar-refractivity contribution in [3.63, 3.8) is 0 Å². The molecule has 21 heavy (non-hydrogen) atoms. The highest BCUT2D eigenvalue weighted by Crippen LogP contribution is 2.45. The third-order valence-corrected chi connectivity index (χ3v) is 3.60. The van der Waals surface area contributed by atoms with E-state index in [2.05, 4.69) is 5.32 Å². The van der Waals surface area contributed by atoms with Crippen LogP contribution in [0.2, 0.25) is 5.02 Å². The number of alkyl halides is 5. The van der Waals surface area contributed by atoms with Crippen LogP contribution < -0.4 is 5.32 Å². The Morgan fingerprint density at radius 2 is 1.67 bits per heavy atom. The van der Waals surface area contributed by atoms with Crippen LogP contribution in [-0.2, 0) is 0 Å². The first kappa shape index (κ1) is 18.2. The highest BCUT2D eigenvalue weighted by Gasteiger charge is 2.62. The lowest BCUT2D eigenvalue weighted by atomic mass is 9.94. The van der Waals surface area contributed by atoms with E-state index in [1.54, 1.807) is 13.8 Å². The monoisotopic (exact) mass is 329 g/mol. The Kier molecular flexibility index (Phi) is 5.61. The summed E-state index contributed by atoms with van der Waals surface area (Å²) in [5.41, 5.74) is 0.661. The van der Waals surface area contributed by atoms with Gasteiger partial charge >= 0.3 is 12.1 Å². The summed E-state index contributed by atoms with van der Waals surface area (Å²) < 4.78 is 65.7. The maximum absolute atomic E-state index is 13.8. The van der Waals surface area contributed by atoms with E-state index in [4.69, 9.17) is 11.6 Å². The fourth-order valence-electron chi connectivity index (χ4n) is 2.00. The highest BCUT2D eigenvalue weighted by molar-refractivity contribution is 6.31. The molecule has 0 saturated carbocycles. The summed E-state index contributed by atoms with van der Waals surface area (Å²) in [5.74, 6) is -4.87. The van der Waals surface area contributed by atoms with Crippen molar-refractivity contribution in [3.05, 3.63) is 33.8 Å². The van der Waals surface area contributed by atoms with Crippen LogP contribution in [0.25, 0.3) is 0 Å². The van der Waals surface area contributed by atoms with Gasteiger partial charge in [-0.15, -0.1) is 0 Å². The molecule has 0 heterocycles. The molecule has 1 rings (SSSR count). The predicted molar refractivity (Wildman–Crippen MR) is 73.0 cm³/mol. The predicted octanol–water partition coefficient (Wildman–Crippen LogP) is 5.20. The van der Waals surface area contributed by atoms with Crippen LogP contribution in [0.15, 0.2) is 12.1 Å². The van der Waals surface area contributed by atoms with Gasteiger partial charge in [0.1, 0.15) is 6.04 Å². The summed E-state index contributed by atoms with van der Waals surface area (Å²) in [6.45, 7) is 4.77. The summed E-state index contributed by atoms with van der Waals surface area (Å²) in [6.07, 6.45) is -5.19. The Balaban J connectivity index is 3.36. The zero-order valence-electron chi connectivity index (χ0n) is 11.9. The van der Waals surface area contributed by atoms with Gasteiger partial charge in [-0.25, -0.2) is 0 Å². The molecule has 0 fully saturated rings. The molecule has 1 nitrogen and oxygen atoms in total. The van der Waals surface area contributed by atoms with Gasteiger partial charge in [0.15, 0.2) is 0 Å². The molecule has 7 heteroatoms. The molecular weight excluding hydrogens is 313 g/mol. The minimum atomic E-state index is -5.63. The third kappa shape index (κ3) is 3.86. The Morgan fingerprint density at radius 3 is 2.14 bits per heavy atom. The second kappa shape index (κ2) is 6.48. The molecule has 0 radical (unpaired) electrons. The molecule has 0 aliphatic rings. The van der Waals surface area contributed by atoms with Gasteiger partial charge in [0.2, 0.25) is 0 Å². The highest BCUT2D eigenvalue weighted by atomic mass is 35.5. The molecule has 1 atom stereocenters. The van der Waals surface area contributed by atoms with Crippen molar-refractivity contribution < 1.29 is 22.0 Å². The second-order valence-corrected chi connectivity index (χ2v) is 5.37. The van der Waals surface area contributed by atoms with Gasteiger partial charge in [0, 0.05) is 5.02 Å². The molecular formula is C14H17ClF5N. The largest absolute Gasteiger partial charge is 0.455 e. The van der Waals surface area contributed by atoms with Gasteiger partial charge < -0.3 is 5.32 Å². The standard InChI is InChI=1S/C14H17ClF5N/c1-4-5-21-12(13(16,17)14(18,19)20)10-6-9(3)11(15)7-8(10)2/h6-7,12,21H,4-5H2,1-3H3. The van der Waals surface area contributed by atoms with Crippen LogP contribution in [0.3, 0.4) is 0 Å². The minimum Gasteiger partial charge on any atom is -0.305 e. The molecule has 0 spiro atoms. The molecule has 0 saturated heterocycles. The van der Waals surface area contributed by atoms with E-state index in [0.717, 1.165) is 0 Å². The molecule has 120 valence electrons. The van der Waals surface area contributed by atoms with E-state index in [1.807, 2.05) is 0 Å². The van der Waals surface area contributed by atoms with E-state index in [0.29, 0.717) is 22.6 Å². The average molecular weight is 330 g/mol. The lowest BCUT2D eigenvalue weighted by Crippen LogP contribution is -2.48. The van der Waals surface area contributed by atoms with Crippen molar-refractivity contribution in [1.82, 2.24) is 5.32 Å². The lowest BCUT2D eigenvalue weighted by molar-refractivity contribution is -0.294. The average Bonchev–Trinajstić information content (AvgIpc) is 2.34. The quantitative estimate of drug-likeness (QED) is 0.733. The third-order valence-electron chi connectivity index (χ3n) is 3.20. The molecule has 0 bridgehead atoms. The zero-order valence-corrected chi connectivity index (χ0v) is 12.7. The first-order valence-electron chi connectivity index (χ1n) is 6.47. The summed E-state index contributed by atoms with van der Waals surface area (Å²) in [4.78, 5) is 0. The molecule has 1 N–H and O–H groups in total. The van der Waals surface area contributed by atoms with E-state index < -0.39 is 18.1 Å². The normalized spacial score (nSPS) is 14.3. The molecule has 0 aliphatic carbocycles. The molecule has 0 aromatic heterocycles. The minimum absolute atomic E-state index is 0.0530. The van der Waals surface area contributed by atoms with E-state index in [9.17, 15) is 22.0 Å². The Hall–Kier alpha value is -0.880. The van der Waals surface area contributed by atoms with Gasteiger partial charge in [-0.05, 0) is 49.6 Å². The van der Waals surface area contributed by atoms with Crippen molar-refractivity contribution in [1.29, 1.82) is 0 Å². The smallest absolute Gasteiger partial charge is 0.305 e. The summed E-state index contributed by atoms with van der Waals surface area (Å²) in [7, 11) is 0. The number of hydrogen-bond donors (Lipinski definition) is 1. The summed E-state index contributed by atoms with van der Waals surface area (Å²) in [6, 6.07) is 0.553. The van der Waals surface area contributed by atoms with Gasteiger partial charge in [-0.2, -0.15) is 22.0 Å². The molecule has 0 aliphatic heterocycles. The van der Waals surface area contributed by atoms with Crippen molar-refractivity contribution in [3.8, 4) is 0 Å². The van der Waals surface area contributed by atoms with Crippen molar-refractivity contribution in [2.45, 2.75) is 45.3 Å². The zero-order chi connectivity index (χ0) is 16.4. The van der Waals surface area contributed by atoms with Crippen molar-refractivity contribution >= 4 is 11.6 Å². The van der Waals surface area contributed by atoms with E-state index in [1.165, 1.54) is 19.1 Å². The van der Waals surface area contributed by atoms with Crippen LogP contribution in [0, 0.1) is 13.8 Å². The number of hydrogen-bond acceptors (Lipinski definition) is 1. The SMILES string of the molecule is CCCNC(c1cc(C)c(Cl)cc1C)C(F)(F)C(F)(F)F. The van der Waals surface area contributed by atoms with E-state index >= 15 is 0 Å². The Bertz CT molecular complexity index is 499. The van der Waals surface area contributed by atoms with Crippen LogP contribution in [-0.4, -0.2) is 18.6 Å². The first-order chi connectivity index (χ1) is 9.52. The Morgan fingerprint density at radius 1 is 1.10 bits per heavy atom. The molecule has 1 unspecified atom stereocenters. The Labute approximate surface area is 125 Å². The fraction of sp³-hybridized carbons (Fsp3) is 0.571. The topological polar surface area (TPSA) is 12.0 Å². The molecule has 1 aromatic rings. The van der Waals surface area contributed by atoms with E-state index in [-0.39, 0.29) is 12.1 Å². The van der Waals surface area contributed by atoms with Crippen molar-refractivity contribution in [2.75, 3.05) is 6.54 Å². The van der Waals surface area contributed by atoms with Crippen LogP contribution in [0.5, 0.6) is 0 Å². The maximum atomic E-state index is 13.8. The summed E-state index contributed by atoms with van der Waals surface area (Å²) >= 11 is 5.87.